The molecule has 26 heavy (non-hydrogen) atoms. The van der Waals surface area contributed by atoms with Crippen molar-refractivity contribution in [3.63, 3.8) is 0 Å². The molecule has 0 bridgehead atoms. The minimum absolute atomic E-state index is 0.141. The van der Waals surface area contributed by atoms with Gasteiger partial charge in [0, 0.05) is 18.2 Å². The van der Waals surface area contributed by atoms with Crippen molar-refractivity contribution < 1.29 is 22.7 Å². The Morgan fingerprint density at radius 2 is 1.88 bits per heavy atom. The first-order chi connectivity index (χ1) is 12.5. The number of amides is 1. The van der Waals surface area contributed by atoms with Crippen LogP contribution >= 0.6 is 0 Å². The molecule has 5 nitrogen and oxygen atoms in total. The molecular formula is C18H18F3N3O2. The average molecular weight is 365 g/mol. The monoisotopic (exact) mass is 365 g/mol. The van der Waals surface area contributed by atoms with Crippen LogP contribution in [0.4, 0.5) is 19.0 Å². The lowest BCUT2D eigenvalue weighted by atomic mass is 9.78. The number of aromatic nitrogens is 2. The van der Waals surface area contributed by atoms with Gasteiger partial charge in [-0.1, -0.05) is 6.42 Å². The van der Waals surface area contributed by atoms with E-state index in [2.05, 4.69) is 10.4 Å². The first-order valence-corrected chi connectivity index (χ1v) is 8.56. The highest BCUT2D eigenvalue weighted by molar-refractivity contribution is 5.94. The van der Waals surface area contributed by atoms with Gasteiger partial charge >= 0.3 is 0 Å². The summed E-state index contributed by atoms with van der Waals surface area (Å²) in [4.78, 5) is 12.3. The molecule has 138 valence electrons. The number of halogens is 3. The number of aryl methyl sites for hydroxylation is 1. The predicted octanol–water partition coefficient (Wildman–Crippen LogP) is 3.36. The second-order valence-corrected chi connectivity index (χ2v) is 6.84. The first-order valence-electron chi connectivity index (χ1n) is 8.56. The van der Waals surface area contributed by atoms with E-state index in [1.54, 1.807) is 7.05 Å². The third-order valence-corrected chi connectivity index (χ3v) is 5.10. The molecule has 1 N–H and O–H groups in total. The normalized spacial score (nSPS) is 17.7. The van der Waals surface area contributed by atoms with Gasteiger partial charge in [-0.2, -0.15) is 5.10 Å². The number of hydrogen-bond acceptors (Lipinski definition) is 3. The SMILES string of the molecule is Cn1nc(NC(=O)C2COC2)c(C2CCC2)c1-c1cc(F)c(F)c(F)c1. The summed E-state index contributed by atoms with van der Waals surface area (Å²) < 4.78 is 47.3. The molecule has 0 radical (unpaired) electrons. The van der Waals surface area contributed by atoms with Gasteiger partial charge in [-0.3, -0.25) is 9.48 Å². The molecule has 2 aromatic rings. The van der Waals surface area contributed by atoms with Crippen LogP contribution in [0.3, 0.4) is 0 Å². The van der Waals surface area contributed by atoms with Crippen molar-refractivity contribution in [2.75, 3.05) is 18.5 Å². The summed E-state index contributed by atoms with van der Waals surface area (Å²) in [6.45, 7) is 0.747. The largest absolute Gasteiger partial charge is 0.380 e. The Labute approximate surface area is 148 Å². The topological polar surface area (TPSA) is 56.2 Å². The molecule has 2 aliphatic rings. The van der Waals surface area contributed by atoms with Crippen LogP contribution in [0.1, 0.15) is 30.7 Å². The zero-order valence-electron chi connectivity index (χ0n) is 14.2. The lowest BCUT2D eigenvalue weighted by Crippen LogP contribution is -2.38. The maximum absolute atomic E-state index is 13.7. The van der Waals surface area contributed by atoms with E-state index in [0.29, 0.717) is 24.7 Å². The minimum atomic E-state index is -1.50. The third kappa shape index (κ3) is 2.78. The van der Waals surface area contributed by atoms with Gasteiger partial charge in [0.05, 0.1) is 24.8 Å². The summed E-state index contributed by atoms with van der Waals surface area (Å²) in [5, 5.41) is 7.18. The van der Waals surface area contributed by atoms with Crippen molar-refractivity contribution in [3.8, 4) is 11.3 Å². The summed E-state index contributed by atoms with van der Waals surface area (Å²) >= 11 is 0. The Bertz CT molecular complexity index is 850. The number of nitrogens with one attached hydrogen (secondary N) is 1. The molecule has 0 unspecified atom stereocenters. The van der Waals surface area contributed by atoms with Gasteiger partial charge in [0.15, 0.2) is 23.3 Å². The van der Waals surface area contributed by atoms with Crippen LogP contribution in [0.25, 0.3) is 11.3 Å². The zero-order valence-corrected chi connectivity index (χ0v) is 14.2. The Morgan fingerprint density at radius 3 is 2.38 bits per heavy atom. The van der Waals surface area contributed by atoms with Crippen LogP contribution in [-0.4, -0.2) is 28.9 Å². The van der Waals surface area contributed by atoms with Crippen LogP contribution in [0.5, 0.6) is 0 Å². The second kappa shape index (κ2) is 6.42. The lowest BCUT2D eigenvalue weighted by Gasteiger charge is -2.28. The van der Waals surface area contributed by atoms with Crippen molar-refractivity contribution in [3.05, 3.63) is 35.1 Å². The van der Waals surface area contributed by atoms with Crippen molar-refractivity contribution in [1.29, 1.82) is 0 Å². The van der Waals surface area contributed by atoms with Gasteiger partial charge in [0.1, 0.15) is 0 Å². The molecule has 1 aromatic carbocycles. The molecule has 1 amide bonds. The fourth-order valence-corrected chi connectivity index (χ4v) is 3.36. The quantitative estimate of drug-likeness (QED) is 0.846. The lowest BCUT2D eigenvalue weighted by molar-refractivity contribution is -0.133. The number of ether oxygens (including phenoxy) is 1. The summed E-state index contributed by atoms with van der Waals surface area (Å²) in [5.74, 6) is -3.86. The number of carbonyl (C=O) groups is 1. The fraction of sp³-hybridized carbons (Fsp3) is 0.444. The van der Waals surface area contributed by atoms with Crippen LogP contribution < -0.4 is 5.32 Å². The van der Waals surface area contributed by atoms with Crippen LogP contribution in [0.15, 0.2) is 12.1 Å². The highest BCUT2D eigenvalue weighted by atomic mass is 19.2. The summed E-state index contributed by atoms with van der Waals surface area (Å²) in [5.41, 5.74) is 1.44. The molecular weight excluding hydrogens is 347 g/mol. The van der Waals surface area contributed by atoms with Gasteiger partial charge in [-0.15, -0.1) is 0 Å². The van der Waals surface area contributed by atoms with Gasteiger partial charge in [0.2, 0.25) is 5.91 Å². The summed E-state index contributed by atoms with van der Waals surface area (Å²) in [6.07, 6.45) is 2.84. The van der Waals surface area contributed by atoms with Crippen molar-refractivity contribution >= 4 is 11.7 Å². The van der Waals surface area contributed by atoms with Crippen LogP contribution in [-0.2, 0) is 16.6 Å². The maximum Gasteiger partial charge on any atom is 0.233 e. The predicted molar refractivity (Wildman–Crippen MR) is 88.0 cm³/mol. The molecule has 1 saturated carbocycles. The first kappa shape index (κ1) is 17.1. The Balaban J connectivity index is 1.77. The van der Waals surface area contributed by atoms with E-state index in [1.807, 2.05) is 0 Å². The molecule has 1 saturated heterocycles. The van der Waals surface area contributed by atoms with Gasteiger partial charge < -0.3 is 10.1 Å². The van der Waals surface area contributed by atoms with E-state index in [4.69, 9.17) is 4.74 Å². The van der Waals surface area contributed by atoms with Gasteiger partial charge in [-0.25, -0.2) is 13.2 Å². The molecule has 0 spiro atoms. The summed E-state index contributed by atoms with van der Waals surface area (Å²) in [7, 11) is 1.64. The molecule has 2 heterocycles. The molecule has 1 aliphatic heterocycles. The zero-order chi connectivity index (χ0) is 18.4. The minimum Gasteiger partial charge on any atom is -0.380 e. The Morgan fingerprint density at radius 1 is 1.23 bits per heavy atom. The molecule has 1 aromatic heterocycles. The molecule has 8 heteroatoms. The van der Waals surface area contributed by atoms with E-state index < -0.39 is 17.5 Å². The standard InChI is InChI=1S/C18H18F3N3O2/c1-24-16(10-5-12(19)15(21)13(20)6-10)14(9-3-2-4-9)17(23-24)22-18(25)11-7-26-8-11/h5-6,9,11H,2-4,7-8H2,1H3,(H,22,23,25). The molecule has 2 fully saturated rings. The van der Waals surface area contributed by atoms with Gasteiger partial charge in [0.25, 0.3) is 0 Å². The maximum atomic E-state index is 13.7. The number of rotatable bonds is 4. The van der Waals surface area contributed by atoms with Crippen LogP contribution in [0, 0.1) is 23.4 Å². The highest BCUT2D eigenvalue weighted by Gasteiger charge is 2.33. The molecule has 0 atom stereocenters. The van der Waals surface area contributed by atoms with Gasteiger partial charge in [-0.05, 0) is 30.9 Å². The van der Waals surface area contributed by atoms with Crippen LogP contribution in [0.2, 0.25) is 0 Å². The van der Waals surface area contributed by atoms with E-state index in [0.717, 1.165) is 37.0 Å². The van der Waals surface area contributed by atoms with E-state index in [9.17, 15) is 18.0 Å². The number of hydrogen-bond donors (Lipinski definition) is 1. The van der Waals surface area contributed by atoms with E-state index in [1.165, 1.54) is 4.68 Å². The average Bonchev–Trinajstić information content (AvgIpc) is 2.77. The number of benzene rings is 1. The molecule has 4 rings (SSSR count). The Kier molecular flexibility index (Phi) is 4.22. The number of anilines is 1. The third-order valence-electron chi connectivity index (χ3n) is 5.10. The number of carbonyl (C=O) groups excluding carboxylic acids is 1. The highest BCUT2D eigenvalue weighted by Crippen LogP contribution is 2.45. The van der Waals surface area contributed by atoms with Crippen molar-refractivity contribution in [2.24, 2.45) is 13.0 Å². The second-order valence-electron chi connectivity index (χ2n) is 6.84. The smallest absolute Gasteiger partial charge is 0.233 e. The molecule has 1 aliphatic carbocycles. The van der Waals surface area contributed by atoms with E-state index >= 15 is 0 Å². The van der Waals surface area contributed by atoms with E-state index in [-0.39, 0.29) is 23.3 Å². The Hall–Kier alpha value is -2.35. The van der Waals surface area contributed by atoms with Crippen molar-refractivity contribution in [2.45, 2.75) is 25.2 Å². The fourth-order valence-electron chi connectivity index (χ4n) is 3.36. The summed E-state index contributed by atoms with van der Waals surface area (Å²) in [6, 6.07) is 1.92. The number of nitrogens with zero attached hydrogens (tertiary/aromatic N) is 2. The van der Waals surface area contributed by atoms with Crippen molar-refractivity contribution in [1.82, 2.24) is 9.78 Å².